The summed E-state index contributed by atoms with van der Waals surface area (Å²) in [6.07, 6.45) is 2.24. The van der Waals surface area contributed by atoms with Gasteiger partial charge in [0.15, 0.2) is 0 Å². The molecule has 0 radical (unpaired) electrons. The van der Waals surface area contributed by atoms with Crippen molar-refractivity contribution < 1.29 is 0 Å². The Balaban J connectivity index is 2.36. The zero-order valence-electron chi connectivity index (χ0n) is 11.7. The van der Waals surface area contributed by atoms with Gasteiger partial charge in [-0.3, -0.25) is 0 Å². The molecule has 0 fully saturated rings. The maximum Gasteiger partial charge on any atom is 0.101 e. The lowest BCUT2D eigenvalue weighted by molar-refractivity contribution is 0.786. The number of rotatable bonds is 5. The van der Waals surface area contributed by atoms with Crippen molar-refractivity contribution in [3.63, 3.8) is 0 Å². The molecule has 0 saturated carbocycles. The van der Waals surface area contributed by atoms with Gasteiger partial charge in [-0.2, -0.15) is 5.26 Å². The third-order valence-corrected chi connectivity index (χ3v) is 3.27. The highest BCUT2D eigenvalue weighted by molar-refractivity contribution is 5.69. The van der Waals surface area contributed by atoms with Gasteiger partial charge in [0.25, 0.3) is 0 Å². The molecule has 2 aromatic rings. The molecule has 0 amide bonds. The highest BCUT2D eigenvalue weighted by Crippen LogP contribution is 2.28. The number of anilines is 3. The second-order valence-corrected chi connectivity index (χ2v) is 4.72. The summed E-state index contributed by atoms with van der Waals surface area (Å²) >= 11 is 0. The summed E-state index contributed by atoms with van der Waals surface area (Å²) in [5.74, 6) is 0. The zero-order valence-corrected chi connectivity index (χ0v) is 11.7. The van der Waals surface area contributed by atoms with Crippen LogP contribution in [-0.2, 0) is 0 Å². The van der Waals surface area contributed by atoms with Gasteiger partial charge in [0, 0.05) is 17.9 Å². The first kappa shape index (κ1) is 14.0. The third kappa shape index (κ3) is 3.10. The molecule has 0 spiro atoms. The first-order chi connectivity index (χ1) is 9.76. The highest BCUT2D eigenvalue weighted by atomic mass is 15.1. The smallest absolute Gasteiger partial charge is 0.101 e. The summed E-state index contributed by atoms with van der Waals surface area (Å²) in [4.78, 5) is 2.24. The molecular formula is C17H19N3. The van der Waals surface area contributed by atoms with E-state index in [0.29, 0.717) is 11.3 Å². The number of nitrogens with zero attached hydrogens (tertiary/aromatic N) is 2. The average Bonchev–Trinajstić information content (AvgIpc) is 2.49. The molecule has 0 aliphatic carbocycles. The predicted octanol–water partition coefficient (Wildman–Crippen LogP) is 4.08. The number of nitrogens with two attached hydrogens (primary N) is 1. The standard InChI is InChI=1S/C17H19N3/c1-2-3-11-20(15-7-5-4-6-8-15)16-10-9-14(13-18)17(19)12-16/h4-10,12H,2-3,11,19H2,1H3. The molecule has 0 aliphatic rings. The quantitative estimate of drug-likeness (QED) is 0.829. The molecule has 102 valence electrons. The van der Waals surface area contributed by atoms with E-state index in [1.54, 1.807) is 6.07 Å². The fourth-order valence-corrected chi connectivity index (χ4v) is 2.15. The van der Waals surface area contributed by atoms with Gasteiger partial charge in [-0.05, 0) is 36.8 Å². The van der Waals surface area contributed by atoms with E-state index in [-0.39, 0.29) is 0 Å². The van der Waals surface area contributed by atoms with Crippen LogP contribution in [0.3, 0.4) is 0 Å². The first-order valence-corrected chi connectivity index (χ1v) is 6.88. The molecule has 0 saturated heterocycles. The van der Waals surface area contributed by atoms with Crippen LogP contribution in [-0.4, -0.2) is 6.54 Å². The predicted molar refractivity (Wildman–Crippen MR) is 83.9 cm³/mol. The lowest BCUT2D eigenvalue weighted by Crippen LogP contribution is -2.18. The fraction of sp³-hybridized carbons (Fsp3) is 0.235. The van der Waals surface area contributed by atoms with Crippen molar-refractivity contribution in [1.29, 1.82) is 5.26 Å². The summed E-state index contributed by atoms with van der Waals surface area (Å²) in [7, 11) is 0. The van der Waals surface area contributed by atoms with Crippen LogP contribution in [0, 0.1) is 11.3 Å². The molecular weight excluding hydrogens is 246 g/mol. The maximum atomic E-state index is 8.96. The second-order valence-electron chi connectivity index (χ2n) is 4.72. The topological polar surface area (TPSA) is 53.0 Å². The van der Waals surface area contributed by atoms with E-state index in [2.05, 4.69) is 30.0 Å². The fourth-order valence-electron chi connectivity index (χ4n) is 2.15. The van der Waals surface area contributed by atoms with E-state index in [9.17, 15) is 0 Å². The summed E-state index contributed by atoms with van der Waals surface area (Å²) < 4.78 is 0. The maximum absolute atomic E-state index is 8.96. The minimum Gasteiger partial charge on any atom is -0.398 e. The van der Waals surface area contributed by atoms with Gasteiger partial charge in [-0.25, -0.2) is 0 Å². The molecule has 2 N–H and O–H groups in total. The largest absolute Gasteiger partial charge is 0.398 e. The molecule has 0 aliphatic heterocycles. The number of nitriles is 1. The number of unbranched alkanes of at least 4 members (excludes halogenated alkanes) is 1. The average molecular weight is 265 g/mol. The lowest BCUT2D eigenvalue weighted by atomic mass is 10.1. The molecule has 0 bridgehead atoms. The zero-order chi connectivity index (χ0) is 14.4. The molecule has 0 aromatic heterocycles. The minimum atomic E-state index is 0.525. The lowest BCUT2D eigenvalue weighted by Gasteiger charge is -2.25. The van der Waals surface area contributed by atoms with Gasteiger partial charge >= 0.3 is 0 Å². The first-order valence-electron chi connectivity index (χ1n) is 6.88. The molecule has 0 unspecified atom stereocenters. The Morgan fingerprint density at radius 2 is 1.85 bits per heavy atom. The number of hydrogen-bond acceptors (Lipinski definition) is 3. The molecule has 20 heavy (non-hydrogen) atoms. The van der Waals surface area contributed by atoms with Crippen molar-refractivity contribution in [3.05, 3.63) is 54.1 Å². The van der Waals surface area contributed by atoms with E-state index in [1.165, 1.54) is 0 Å². The van der Waals surface area contributed by atoms with Crippen molar-refractivity contribution >= 4 is 17.1 Å². The van der Waals surface area contributed by atoms with Gasteiger partial charge in [-0.1, -0.05) is 31.5 Å². The van der Waals surface area contributed by atoms with Crippen molar-refractivity contribution in [3.8, 4) is 6.07 Å². The molecule has 2 rings (SSSR count). The number of nitrogen functional groups attached to an aromatic ring is 1. The highest BCUT2D eigenvalue weighted by Gasteiger charge is 2.10. The normalized spacial score (nSPS) is 10.0. The Hall–Kier alpha value is -2.47. The monoisotopic (exact) mass is 265 g/mol. The van der Waals surface area contributed by atoms with E-state index >= 15 is 0 Å². The van der Waals surface area contributed by atoms with Gasteiger partial charge in [0.2, 0.25) is 0 Å². The van der Waals surface area contributed by atoms with Crippen molar-refractivity contribution in [2.24, 2.45) is 0 Å². The summed E-state index contributed by atoms with van der Waals surface area (Å²) in [5.41, 5.74) is 9.15. The molecule has 3 heteroatoms. The van der Waals surface area contributed by atoms with Crippen LogP contribution in [0.15, 0.2) is 48.5 Å². The van der Waals surface area contributed by atoms with Gasteiger partial charge in [-0.15, -0.1) is 0 Å². The van der Waals surface area contributed by atoms with Gasteiger partial charge in [0.05, 0.1) is 11.3 Å². The second kappa shape index (κ2) is 6.63. The van der Waals surface area contributed by atoms with Gasteiger partial charge < -0.3 is 10.6 Å². The minimum absolute atomic E-state index is 0.525. The number of para-hydroxylation sites is 1. The van der Waals surface area contributed by atoms with Gasteiger partial charge in [0.1, 0.15) is 6.07 Å². The van der Waals surface area contributed by atoms with Crippen LogP contribution in [0.4, 0.5) is 17.1 Å². The molecule has 0 atom stereocenters. The van der Waals surface area contributed by atoms with Crippen LogP contribution < -0.4 is 10.6 Å². The Bertz CT molecular complexity index is 599. The van der Waals surface area contributed by atoms with Crippen LogP contribution in [0.5, 0.6) is 0 Å². The van der Waals surface area contributed by atoms with Crippen LogP contribution in [0.2, 0.25) is 0 Å². The Kier molecular flexibility index (Phi) is 4.62. The van der Waals surface area contributed by atoms with E-state index in [0.717, 1.165) is 30.8 Å². The summed E-state index contributed by atoms with van der Waals surface area (Å²) in [6, 6.07) is 18.0. The molecule has 2 aromatic carbocycles. The molecule has 3 nitrogen and oxygen atoms in total. The van der Waals surface area contributed by atoms with Crippen molar-refractivity contribution in [1.82, 2.24) is 0 Å². The SMILES string of the molecule is CCCCN(c1ccccc1)c1ccc(C#N)c(N)c1. The van der Waals surface area contributed by atoms with E-state index < -0.39 is 0 Å². The number of hydrogen-bond donors (Lipinski definition) is 1. The number of benzene rings is 2. The van der Waals surface area contributed by atoms with Crippen molar-refractivity contribution in [2.75, 3.05) is 17.2 Å². The van der Waals surface area contributed by atoms with Crippen molar-refractivity contribution in [2.45, 2.75) is 19.8 Å². The van der Waals surface area contributed by atoms with Crippen LogP contribution in [0.25, 0.3) is 0 Å². The Morgan fingerprint density at radius 3 is 2.45 bits per heavy atom. The van der Waals surface area contributed by atoms with E-state index in [1.807, 2.05) is 30.3 Å². The Labute approximate surface area is 120 Å². The van der Waals surface area contributed by atoms with Crippen LogP contribution >= 0.6 is 0 Å². The summed E-state index contributed by atoms with van der Waals surface area (Å²) in [6.45, 7) is 3.11. The van der Waals surface area contributed by atoms with E-state index in [4.69, 9.17) is 11.0 Å². The third-order valence-electron chi connectivity index (χ3n) is 3.27. The summed E-state index contributed by atoms with van der Waals surface area (Å²) in [5, 5.41) is 8.96. The van der Waals surface area contributed by atoms with Crippen LogP contribution in [0.1, 0.15) is 25.3 Å². The Morgan fingerprint density at radius 1 is 1.10 bits per heavy atom. The molecule has 0 heterocycles.